The molecular formula is C18H22FN3O. The molecule has 0 atom stereocenters. The molecule has 0 aromatic carbocycles. The van der Waals surface area contributed by atoms with E-state index < -0.39 is 0 Å². The van der Waals surface area contributed by atoms with Crippen LogP contribution in [0.1, 0.15) is 26.5 Å². The summed E-state index contributed by atoms with van der Waals surface area (Å²) in [4.78, 5) is 20.1. The minimum Gasteiger partial charge on any atom is -0.320 e. The number of hydrogen-bond donors (Lipinski definition) is 0. The van der Waals surface area contributed by atoms with Gasteiger partial charge >= 0.3 is 6.03 Å². The number of pyridine rings is 1. The Labute approximate surface area is 136 Å². The molecule has 2 heterocycles. The van der Waals surface area contributed by atoms with Crippen molar-refractivity contribution in [1.29, 1.82) is 0 Å². The van der Waals surface area contributed by atoms with Crippen molar-refractivity contribution in [3.05, 3.63) is 54.7 Å². The summed E-state index contributed by atoms with van der Waals surface area (Å²) in [5, 5.41) is 0. The number of halogens is 1. The smallest absolute Gasteiger partial charge is 0.320 e. The Kier molecular flexibility index (Phi) is 4.68. The van der Waals surface area contributed by atoms with Crippen LogP contribution >= 0.6 is 0 Å². The van der Waals surface area contributed by atoms with E-state index in [0.29, 0.717) is 17.8 Å². The third kappa shape index (κ3) is 3.33. The van der Waals surface area contributed by atoms with Crippen molar-refractivity contribution in [1.82, 2.24) is 9.88 Å². The van der Waals surface area contributed by atoms with Gasteiger partial charge in [-0.15, -0.1) is 0 Å². The minimum atomic E-state index is -0.344. The van der Waals surface area contributed by atoms with Crippen LogP contribution in [0.15, 0.2) is 49.0 Å². The molecule has 23 heavy (non-hydrogen) atoms. The van der Waals surface area contributed by atoms with Gasteiger partial charge in [0, 0.05) is 12.6 Å². The first kappa shape index (κ1) is 16.9. The van der Waals surface area contributed by atoms with Gasteiger partial charge in [-0.2, -0.15) is 0 Å². The predicted octanol–water partition coefficient (Wildman–Crippen LogP) is 4.17. The molecule has 2 rings (SSSR count). The monoisotopic (exact) mass is 315 g/mol. The summed E-state index contributed by atoms with van der Waals surface area (Å²) >= 11 is 0. The lowest BCUT2D eigenvalue weighted by Crippen LogP contribution is -2.38. The van der Waals surface area contributed by atoms with Crippen LogP contribution in [0, 0.1) is 0 Å². The van der Waals surface area contributed by atoms with Crippen LogP contribution < -0.4 is 4.90 Å². The standard InChI is InChI=1S/C18H22FN3O/c1-6-13(10-14(19)7-2)16-9-8-15(11-20-16)22-12-18(3,4)21(5)17(22)23/h6-11H,1,12H2,2-5H3/b13-10+,14-7+. The summed E-state index contributed by atoms with van der Waals surface area (Å²) in [6, 6.07) is 3.54. The van der Waals surface area contributed by atoms with Gasteiger partial charge in [-0.25, -0.2) is 9.18 Å². The molecule has 0 spiro atoms. The predicted molar refractivity (Wildman–Crippen MR) is 91.9 cm³/mol. The molecule has 1 fully saturated rings. The molecule has 1 saturated heterocycles. The van der Waals surface area contributed by atoms with Gasteiger partial charge in [0.05, 0.1) is 29.7 Å². The molecule has 1 aliphatic rings. The Morgan fingerprint density at radius 1 is 1.43 bits per heavy atom. The minimum absolute atomic E-state index is 0.0519. The van der Waals surface area contributed by atoms with Gasteiger partial charge in [-0.1, -0.05) is 18.7 Å². The molecule has 1 aromatic rings. The van der Waals surface area contributed by atoms with Gasteiger partial charge in [0.1, 0.15) is 5.83 Å². The summed E-state index contributed by atoms with van der Waals surface area (Å²) in [6.45, 7) is 9.95. The highest BCUT2D eigenvalue weighted by molar-refractivity contribution is 5.95. The molecular weight excluding hydrogens is 293 g/mol. The Morgan fingerprint density at radius 3 is 2.57 bits per heavy atom. The van der Waals surface area contributed by atoms with E-state index in [2.05, 4.69) is 11.6 Å². The van der Waals surface area contributed by atoms with Crippen LogP contribution in [-0.4, -0.2) is 35.0 Å². The van der Waals surface area contributed by atoms with Crippen molar-refractivity contribution in [3.8, 4) is 0 Å². The fourth-order valence-corrected chi connectivity index (χ4v) is 2.39. The van der Waals surface area contributed by atoms with Crippen LogP contribution in [0.4, 0.5) is 14.9 Å². The highest BCUT2D eigenvalue weighted by Gasteiger charge is 2.41. The number of urea groups is 1. The number of rotatable bonds is 4. The Balaban J connectivity index is 2.29. The molecule has 0 bridgehead atoms. The molecule has 4 nitrogen and oxygen atoms in total. The van der Waals surface area contributed by atoms with Crippen molar-refractivity contribution in [2.24, 2.45) is 0 Å². The number of hydrogen-bond acceptors (Lipinski definition) is 2. The first-order valence-electron chi connectivity index (χ1n) is 7.48. The normalized spacial score (nSPS) is 18.6. The number of amides is 2. The fraction of sp³-hybridized carbons (Fsp3) is 0.333. The van der Waals surface area contributed by atoms with Crippen LogP contribution in [0.25, 0.3) is 5.57 Å². The average molecular weight is 315 g/mol. The highest BCUT2D eigenvalue weighted by Crippen LogP contribution is 2.29. The van der Waals surface area contributed by atoms with Gasteiger partial charge in [-0.3, -0.25) is 9.88 Å². The lowest BCUT2D eigenvalue weighted by atomic mass is 10.1. The van der Waals surface area contributed by atoms with E-state index in [1.165, 1.54) is 12.2 Å². The molecule has 0 saturated carbocycles. The van der Waals surface area contributed by atoms with Gasteiger partial charge in [0.2, 0.25) is 0 Å². The van der Waals surface area contributed by atoms with Crippen molar-refractivity contribution >= 4 is 17.3 Å². The van der Waals surface area contributed by atoms with Crippen LogP contribution in [0.2, 0.25) is 0 Å². The van der Waals surface area contributed by atoms with Gasteiger partial charge < -0.3 is 4.90 Å². The lowest BCUT2D eigenvalue weighted by molar-refractivity contribution is 0.198. The van der Waals surface area contributed by atoms with E-state index >= 15 is 0 Å². The summed E-state index contributed by atoms with van der Waals surface area (Å²) in [5.41, 5.74) is 1.71. The highest BCUT2D eigenvalue weighted by atomic mass is 19.1. The average Bonchev–Trinajstić information content (AvgIpc) is 2.75. The molecule has 1 aromatic heterocycles. The van der Waals surface area contributed by atoms with E-state index in [9.17, 15) is 9.18 Å². The number of likely N-dealkylation sites (N-methyl/N-ethyl adjacent to an activating group) is 1. The van der Waals surface area contributed by atoms with Crippen molar-refractivity contribution < 1.29 is 9.18 Å². The summed E-state index contributed by atoms with van der Waals surface area (Å²) in [5.74, 6) is -0.344. The largest absolute Gasteiger partial charge is 0.324 e. The van der Waals surface area contributed by atoms with Gasteiger partial charge in [-0.05, 0) is 39.0 Å². The topological polar surface area (TPSA) is 36.4 Å². The molecule has 5 heteroatoms. The Bertz CT molecular complexity index is 674. The second kappa shape index (κ2) is 6.36. The van der Waals surface area contributed by atoms with E-state index in [-0.39, 0.29) is 17.4 Å². The van der Waals surface area contributed by atoms with Crippen molar-refractivity contribution in [3.63, 3.8) is 0 Å². The van der Waals surface area contributed by atoms with E-state index in [4.69, 9.17) is 0 Å². The maximum Gasteiger partial charge on any atom is 0.324 e. The number of nitrogens with zero attached hydrogens (tertiary/aromatic N) is 3. The third-order valence-electron chi connectivity index (χ3n) is 4.12. The third-order valence-corrected chi connectivity index (χ3v) is 4.12. The van der Waals surface area contributed by atoms with Crippen molar-refractivity contribution in [2.45, 2.75) is 26.3 Å². The van der Waals surface area contributed by atoms with Crippen LogP contribution in [0.3, 0.4) is 0 Å². The zero-order valence-electron chi connectivity index (χ0n) is 14.0. The number of carbonyl (C=O) groups is 1. The Hall–Kier alpha value is -2.43. The number of allylic oxidation sites excluding steroid dienone is 5. The summed E-state index contributed by atoms with van der Waals surface area (Å²) in [6.07, 6.45) is 5.95. The van der Waals surface area contributed by atoms with Gasteiger partial charge in [0.25, 0.3) is 0 Å². The molecule has 122 valence electrons. The van der Waals surface area contributed by atoms with Gasteiger partial charge in [0.15, 0.2) is 0 Å². The summed E-state index contributed by atoms with van der Waals surface area (Å²) < 4.78 is 13.4. The SMILES string of the molecule is C=C/C(=C\C(F)=C/C)c1ccc(N2CC(C)(C)N(C)C2=O)cn1. The second-order valence-corrected chi connectivity index (χ2v) is 6.12. The zero-order valence-corrected chi connectivity index (χ0v) is 14.0. The Morgan fingerprint density at radius 2 is 2.13 bits per heavy atom. The quantitative estimate of drug-likeness (QED) is 0.782. The van der Waals surface area contributed by atoms with E-state index in [0.717, 1.165) is 5.69 Å². The van der Waals surface area contributed by atoms with Crippen molar-refractivity contribution in [2.75, 3.05) is 18.5 Å². The first-order chi connectivity index (χ1) is 10.8. The van der Waals surface area contributed by atoms with E-state index in [1.54, 1.807) is 42.1 Å². The molecule has 0 radical (unpaired) electrons. The molecule has 0 unspecified atom stereocenters. The van der Waals surface area contributed by atoms with E-state index in [1.807, 2.05) is 19.9 Å². The first-order valence-corrected chi connectivity index (χ1v) is 7.48. The number of anilines is 1. The lowest BCUT2D eigenvalue weighted by Gasteiger charge is -2.24. The van der Waals surface area contributed by atoms with Crippen LogP contribution in [0.5, 0.6) is 0 Å². The zero-order chi connectivity index (χ0) is 17.2. The maximum absolute atomic E-state index is 13.4. The van der Waals surface area contributed by atoms with Crippen LogP contribution in [-0.2, 0) is 0 Å². The second-order valence-electron chi connectivity index (χ2n) is 6.12. The maximum atomic E-state index is 13.4. The summed E-state index contributed by atoms with van der Waals surface area (Å²) in [7, 11) is 1.79. The molecule has 2 amide bonds. The molecule has 0 N–H and O–H groups in total. The molecule has 1 aliphatic heterocycles. The molecule has 0 aliphatic carbocycles. The number of aromatic nitrogens is 1. The number of carbonyl (C=O) groups excluding carboxylic acids is 1. The fourth-order valence-electron chi connectivity index (χ4n) is 2.39.